The van der Waals surface area contributed by atoms with E-state index in [1.54, 1.807) is 18.2 Å². The lowest BCUT2D eigenvalue weighted by Gasteiger charge is -2.09. The Labute approximate surface area is 128 Å². The predicted octanol–water partition coefficient (Wildman–Crippen LogP) is 4.29. The number of hydrogen-bond donors (Lipinski definition) is 0. The van der Waals surface area contributed by atoms with Gasteiger partial charge in [-0.3, -0.25) is 4.79 Å². The van der Waals surface area contributed by atoms with Crippen molar-refractivity contribution in [3.63, 3.8) is 0 Å². The number of hydrogen-bond acceptors (Lipinski definition) is 3. The molecule has 3 nitrogen and oxygen atoms in total. The molecule has 0 saturated heterocycles. The molecule has 21 heavy (non-hydrogen) atoms. The largest absolute Gasteiger partial charge is 0.496 e. The van der Waals surface area contributed by atoms with Crippen molar-refractivity contribution in [2.45, 2.75) is 6.61 Å². The van der Waals surface area contributed by atoms with E-state index in [4.69, 9.17) is 4.74 Å². The number of ether oxygens (including phenoxy) is 2. The lowest BCUT2D eigenvalue weighted by molar-refractivity contribution is -0.0498. The average molecular weight is 357 g/mol. The molecule has 0 aromatic heterocycles. The third kappa shape index (κ3) is 3.78. The molecule has 0 aliphatic carbocycles. The Balaban J connectivity index is 2.38. The van der Waals surface area contributed by atoms with E-state index in [1.165, 1.54) is 31.4 Å². The Morgan fingerprint density at radius 3 is 2.62 bits per heavy atom. The molecule has 6 heteroatoms. The van der Waals surface area contributed by atoms with Crippen LogP contribution in [0.25, 0.3) is 0 Å². The van der Waals surface area contributed by atoms with Crippen LogP contribution in [0.5, 0.6) is 11.5 Å². The molecule has 2 aromatic rings. The molecule has 0 atom stereocenters. The van der Waals surface area contributed by atoms with Crippen LogP contribution < -0.4 is 9.47 Å². The summed E-state index contributed by atoms with van der Waals surface area (Å²) in [6.07, 6.45) is 0. The maximum atomic E-state index is 12.5. The summed E-state index contributed by atoms with van der Waals surface area (Å²) in [6, 6.07) is 10.6. The van der Waals surface area contributed by atoms with E-state index in [0.29, 0.717) is 15.8 Å². The van der Waals surface area contributed by atoms with Gasteiger partial charge in [-0.15, -0.1) is 0 Å². The fraction of sp³-hybridized carbons (Fsp3) is 0.133. The summed E-state index contributed by atoms with van der Waals surface area (Å²) in [5.74, 6) is 0.000982. The Morgan fingerprint density at radius 1 is 1.19 bits per heavy atom. The number of carbonyl (C=O) groups is 1. The number of alkyl halides is 2. The minimum Gasteiger partial charge on any atom is -0.496 e. The van der Waals surface area contributed by atoms with Crippen LogP contribution >= 0.6 is 15.9 Å². The normalized spacial score (nSPS) is 10.5. The van der Waals surface area contributed by atoms with E-state index in [9.17, 15) is 13.6 Å². The Kier molecular flexibility index (Phi) is 4.90. The summed E-state index contributed by atoms with van der Waals surface area (Å²) in [5.41, 5.74) is 0.575. The van der Waals surface area contributed by atoms with E-state index in [-0.39, 0.29) is 17.1 Å². The number of halogens is 3. The highest BCUT2D eigenvalue weighted by Gasteiger charge is 2.16. The average Bonchev–Trinajstić information content (AvgIpc) is 2.46. The minimum absolute atomic E-state index is 0.0650. The van der Waals surface area contributed by atoms with Crippen LogP contribution in [0.15, 0.2) is 46.9 Å². The van der Waals surface area contributed by atoms with Crippen molar-refractivity contribution in [1.82, 2.24) is 0 Å². The lowest BCUT2D eigenvalue weighted by atomic mass is 10.0. The second-order valence-electron chi connectivity index (χ2n) is 4.08. The van der Waals surface area contributed by atoms with Gasteiger partial charge in [0, 0.05) is 10.0 Å². The fourth-order valence-corrected chi connectivity index (χ4v) is 2.19. The smallest absolute Gasteiger partial charge is 0.387 e. The molecule has 110 valence electrons. The van der Waals surface area contributed by atoms with Gasteiger partial charge in [-0.05, 0) is 30.3 Å². The molecular weight excluding hydrogens is 346 g/mol. The maximum Gasteiger partial charge on any atom is 0.387 e. The monoisotopic (exact) mass is 356 g/mol. The second-order valence-corrected chi connectivity index (χ2v) is 5.00. The zero-order valence-electron chi connectivity index (χ0n) is 11.0. The third-order valence-electron chi connectivity index (χ3n) is 2.73. The molecule has 0 heterocycles. The maximum absolute atomic E-state index is 12.5. The summed E-state index contributed by atoms with van der Waals surface area (Å²) >= 11 is 3.28. The Hall–Kier alpha value is -1.95. The lowest BCUT2D eigenvalue weighted by Crippen LogP contribution is -2.06. The van der Waals surface area contributed by atoms with Crippen LogP contribution in [0, 0.1) is 0 Å². The zero-order chi connectivity index (χ0) is 15.4. The number of methoxy groups -OCH3 is 1. The van der Waals surface area contributed by atoms with Crippen molar-refractivity contribution in [2.75, 3.05) is 7.11 Å². The van der Waals surface area contributed by atoms with E-state index in [0.717, 1.165) is 0 Å². The van der Waals surface area contributed by atoms with Gasteiger partial charge in [0.2, 0.25) is 0 Å². The quantitative estimate of drug-likeness (QED) is 0.749. The molecule has 0 aliphatic heterocycles. The molecule has 0 fully saturated rings. The Bertz CT molecular complexity index is 659. The summed E-state index contributed by atoms with van der Waals surface area (Å²) in [6.45, 7) is -2.93. The van der Waals surface area contributed by atoms with Crippen molar-refractivity contribution in [1.29, 1.82) is 0 Å². The van der Waals surface area contributed by atoms with Gasteiger partial charge in [0.1, 0.15) is 11.5 Å². The first kappa shape index (κ1) is 15.4. The van der Waals surface area contributed by atoms with Crippen LogP contribution in [0.2, 0.25) is 0 Å². The van der Waals surface area contributed by atoms with Crippen LogP contribution in [-0.2, 0) is 0 Å². The van der Waals surface area contributed by atoms with E-state index in [1.807, 2.05) is 0 Å². The molecule has 2 rings (SSSR count). The molecule has 0 amide bonds. The molecule has 0 unspecified atom stereocenters. The van der Waals surface area contributed by atoms with Crippen molar-refractivity contribution in [3.8, 4) is 11.5 Å². The first-order valence-corrected chi connectivity index (χ1v) is 6.73. The molecule has 2 aromatic carbocycles. The van der Waals surface area contributed by atoms with E-state index < -0.39 is 6.61 Å². The van der Waals surface area contributed by atoms with E-state index in [2.05, 4.69) is 20.7 Å². The van der Waals surface area contributed by atoms with Crippen molar-refractivity contribution >= 4 is 21.7 Å². The highest BCUT2D eigenvalue weighted by molar-refractivity contribution is 9.10. The standard InChI is InChI=1S/C15H11BrF2O3/c1-20-13-6-5-10(16)8-12(13)14(19)9-3-2-4-11(7-9)21-15(17)18/h2-8,15H,1H3. The van der Waals surface area contributed by atoms with Crippen molar-refractivity contribution in [3.05, 3.63) is 58.1 Å². The summed E-state index contributed by atoms with van der Waals surface area (Å²) in [5, 5.41) is 0. The predicted molar refractivity (Wildman–Crippen MR) is 77.2 cm³/mol. The summed E-state index contributed by atoms with van der Waals surface area (Å²) in [4.78, 5) is 12.5. The SMILES string of the molecule is COc1ccc(Br)cc1C(=O)c1cccc(OC(F)F)c1. The summed E-state index contributed by atoms with van der Waals surface area (Å²) < 4.78 is 34.6. The molecule has 0 spiro atoms. The topological polar surface area (TPSA) is 35.5 Å². The molecule has 0 aliphatic rings. The first-order chi connectivity index (χ1) is 10.0. The molecule has 0 radical (unpaired) electrons. The summed E-state index contributed by atoms with van der Waals surface area (Å²) in [7, 11) is 1.45. The molecule has 0 bridgehead atoms. The van der Waals surface area contributed by atoms with Crippen LogP contribution in [-0.4, -0.2) is 19.5 Å². The van der Waals surface area contributed by atoms with Gasteiger partial charge in [0.05, 0.1) is 12.7 Å². The van der Waals surface area contributed by atoms with Gasteiger partial charge in [-0.2, -0.15) is 8.78 Å². The molecular formula is C15H11BrF2O3. The van der Waals surface area contributed by atoms with E-state index >= 15 is 0 Å². The van der Waals surface area contributed by atoms with Gasteiger partial charge in [-0.25, -0.2) is 0 Å². The zero-order valence-corrected chi connectivity index (χ0v) is 12.6. The van der Waals surface area contributed by atoms with Crippen LogP contribution in [0.4, 0.5) is 8.78 Å². The minimum atomic E-state index is -2.93. The van der Waals surface area contributed by atoms with Crippen molar-refractivity contribution in [2.24, 2.45) is 0 Å². The second kappa shape index (κ2) is 6.67. The molecule has 0 N–H and O–H groups in total. The highest BCUT2D eigenvalue weighted by Crippen LogP contribution is 2.26. The number of benzene rings is 2. The van der Waals surface area contributed by atoms with Gasteiger partial charge in [-0.1, -0.05) is 28.1 Å². The Morgan fingerprint density at radius 2 is 1.95 bits per heavy atom. The third-order valence-corrected chi connectivity index (χ3v) is 3.22. The van der Waals surface area contributed by atoms with Gasteiger partial charge in [0.25, 0.3) is 0 Å². The number of rotatable bonds is 5. The van der Waals surface area contributed by atoms with Gasteiger partial charge < -0.3 is 9.47 Å². The van der Waals surface area contributed by atoms with Crippen LogP contribution in [0.3, 0.4) is 0 Å². The number of carbonyl (C=O) groups excluding carboxylic acids is 1. The van der Waals surface area contributed by atoms with Gasteiger partial charge >= 0.3 is 6.61 Å². The first-order valence-electron chi connectivity index (χ1n) is 5.94. The fourth-order valence-electron chi connectivity index (χ4n) is 1.83. The van der Waals surface area contributed by atoms with Gasteiger partial charge in [0.15, 0.2) is 5.78 Å². The molecule has 0 saturated carbocycles. The van der Waals surface area contributed by atoms with Crippen LogP contribution in [0.1, 0.15) is 15.9 Å². The van der Waals surface area contributed by atoms with Crippen molar-refractivity contribution < 1.29 is 23.0 Å². The highest BCUT2D eigenvalue weighted by atomic mass is 79.9. The number of ketones is 1.